The molecule has 0 bridgehead atoms. The first-order chi connectivity index (χ1) is 10.4. The number of nitrogens with zero attached hydrogens (tertiary/aromatic N) is 2. The summed E-state index contributed by atoms with van der Waals surface area (Å²) in [6.07, 6.45) is 0.675. The van der Waals surface area contributed by atoms with Crippen molar-refractivity contribution in [1.29, 1.82) is 0 Å². The minimum absolute atomic E-state index is 0.274. The van der Waals surface area contributed by atoms with Crippen molar-refractivity contribution in [2.45, 2.75) is 6.92 Å². The summed E-state index contributed by atoms with van der Waals surface area (Å²) in [4.78, 5) is 28.9. The summed E-state index contributed by atoms with van der Waals surface area (Å²) in [7, 11) is 0. The zero-order chi connectivity index (χ0) is 16.5. The maximum absolute atomic E-state index is 10.2. The lowest BCUT2D eigenvalue weighted by molar-refractivity contribution is -0.394. The molecule has 0 atom stereocenters. The van der Waals surface area contributed by atoms with Crippen LogP contribution in [0.4, 0.5) is 17.1 Å². The Hall–Kier alpha value is -3.29. The van der Waals surface area contributed by atoms with E-state index in [1.54, 1.807) is 0 Å². The Morgan fingerprint density at radius 1 is 0.955 bits per heavy atom. The van der Waals surface area contributed by atoms with Crippen molar-refractivity contribution in [3.05, 3.63) is 74.3 Å². The third-order valence-corrected chi connectivity index (χ3v) is 2.50. The van der Waals surface area contributed by atoms with Crippen molar-refractivity contribution >= 4 is 23.5 Å². The van der Waals surface area contributed by atoms with Crippen LogP contribution < -0.4 is 5.32 Å². The smallest absolute Gasteiger partial charge is 0.276 e. The Balaban J connectivity index is 0.000000224. The lowest BCUT2D eigenvalue weighted by atomic mass is 10.2. The van der Waals surface area contributed by atoms with E-state index in [0.717, 1.165) is 17.3 Å². The Bertz CT molecular complexity index is 658. The summed E-state index contributed by atoms with van der Waals surface area (Å²) in [5.74, 6) is 0. The van der Waals surface area contributed by atoms with Gasteiger partial charge in [0, 0.05) is 17.8 Å². The van der Waals surface area contributed by atoms with Crippen LogP contribution in [0.5, 0.6) is 0 Å². The minimum atomic E-state index is -0.674. The van der Waals surface area contributed by atoms with Crippen molar-refractivity contribution in [1.82, 2.24) is 0 Å². The van der Waals surface area contributed by atoms with Crippen molar-refractivity contribution in [3.63, 3.8) is 0 Å². The summed E-state index contributed by atoms with van der Waals surface area (Å²) in [5.41, 5.74) is 1.44. The molecule has 0 aromatic heterocycles. The van der Waals surface area contributed by atoms with Gasteiger partial charge >= 0.3 is 0 Å². The molecular weight excluding hydrogens is 290 g/mol. The zero-order valence-corrected chi connectivity index (χ0v) is 11.6. The van der Waals surface area contributed by atoms with Gasteiger partial charge in [-0.3, -0.25) is 25.0 Å². The van der Waals surface area contributed by atoms with Crippen LogP contribution in [0.3, 0.4) is 0 Å². The lowest BCUT2D eigenvalue weighted by Crippen LogP contribution is -1.92. The number of aryl methyl sites for hydroxylation is 1. The molecule has 8 nitrogen and oxygen atoms in total. The quantitative estimate of drug-likeness (QED) is 0.529. The van der Waals surface area contributed by atoms with Crippen LogP contribution in [0.25, 0.3) is 0 Å². The second-order valence-corrected chi connectivity index (χ2v) is 4.17. The maximum Gasteiger partial charge on any atom is 0.276 e. The van der Waals surface area contributed by atoms with Gasteiger partial charge < -0.3 is 5.32 Å². The molecule has 2 aromatic carbocycles. The number of anilines is 1. The fourth-order valence-corrected chi connectivity index (χ4v) is 1.52. The summed E-state index contributed by atoms with van der Waals surface area (Å²) in [5, 5.41) is 22.9. The van der Waals surface area contributed by atoms with E-state index in [1.807, 2.05) is 31.2 Å². The number of amides is 1. The van der Waals surface area contributed by atoms with Crippen LogP contribution >= 0.6 is 0 Å². The van der Waals surface area contributed by atoms with Crippen LogP contribution in [-0.2, 0) is 4.79 Å². The van der Waals surface area contributed by atoms with Crippen molar-refractivity contribution < 1.29 is 14.6 Å². The van der Waals surface area contributed by atoms with E-state index in [9.17, 15) is 25.0 Å². The second-order valence-electron chi connectivity index (χ2n) is 4.17. The zero-order valence-electron chi connectivity index (χ0n) is 11.6. The normalized spacial score (nSPS) is 9.14. The van der Waals surface area contributed by atoms with E-state index in [2.05, 4.69) is 5.32 Å². The van der Waals surface area contributed by atoms with E-state index in [1.165, 1.54) is 18.2 Å². The number of nitro benzene ring substituents is 2. The molecule has 114 valence electrons. The second kappa shape index (κ2) is 8.10. The van der Waals surface area contributed by atoms with Gasteiger partial charge in [-0.2, -0.15) is 0 Å². The number of nitro groups is 2. The van der Waals surface area contributed by atoms with E-state index in [-0.39, 0.29) is 11.4 Å². The molecule has 0 spiro atoms. The molecule has 0 fully saturated rings. The number of non-ortho nitro benzene ring substituents is 2. The summed E-state index contributed by atoms with van der Waals surface area (Å²) in [6.45, 7) is 1.98. The molecule has 0 aliphatic heterocycles. The van der Waals surface area contributed by atoms with E-state index < -0.39 is 9.85 Å². The number of nitrogens with one attached hydrogen (secondary N) is 1. The molecule has 22 heavy (non-hydrogen) atoms. The van der Waals surface area contributed by atoms with Gasteiger partial charge in [0.05, 0.1) is 15.9 Å². The predicted octanol–water partition coefficient (Wildman–Crippen LogP) is 3.07. The highest BCUT2D eigenvalue weighted by atomic mass is 16.6. The van der Waals surface area contributed by atoms with E-state index in [0.29, 0.717) is 6.41 Å². The molecule has 1 N–H and O–H groups in total. The standard InChI is InChI=1S/C8H9NO.C6H4N2O4/c1-7-3-2-4-8(5-7)9-6-10;9-7(10)5-2-1-3-6(4-5)8(11)12/h2-6H,1H3,(H,9,10);1-4H. The van der Waals surface area contributed by atoms with Gasteiger partial charge in [-0.15, -0.1) is 0 Å². The Kier molecular flexibility index (Phi) is 6.17. The molecule has 0 saturated heterocycles. The van der Waals surface area contributed by atoms with Gasteiger partial charge in [-0.1, -0.05) is 12.1 Å². The SMILES string of the molecule is Cc1cccc(NC=O)c1.O=[N+]([O-])c1cccc([N+](=O)[O-])c1. The number of hydrogen-bond acceptors (Lipinski definition) is 5. The molecule has 0 aliphatic carbocycles. The topological polar surface area (TPSA) is 115 Å². The highest BCUT2D eigenvalue weighted by Gasteiger charge is 2.11. The third-order valence-electron chi connectivity index (χ3n) is 2.50. The molecule has 1 amide bonds. The van der Waals surface area contributed by atoms with Crippen molar-refractivity contribution in [2.75, 3.05) is 5.32 Å². The first kappa shape index (κ1) is 16.8. The van der Waals surface area contributed by atoms with Crippen LogP contribution in [0.1, 0.15) is 5.56 Å². The number of hydrogen-bond donors (Lipinski definition) is 1. The fourth-order valence-electron chi connectivity index (χ4n) is 1.52. The van der Waals surface area contributed by atoms with Crippen LogP contribution in [-0.4, -0.2) is 16.3 Å². The fraction of sp³-hybridized carbons (Fsp3) is 0.0714. The highest BCUT2D eigenvalue weighted by molar-refractivity contribution is 5.71. The minimum Gasteiger partial charge on any atom is -0.329 e. The number of carbonyl (C=O) groups excluding carboxylic acids is 1. The van der Waals surface area contributed by atoms with Crippen LogP contribution in [0.15, 0.2) is 48.5 Å². The van der Waals surface area contributed by atoms with E-state index >= 15 is 0 Å². The Labute approximate surface area is 125 Å². The molecule has 0 radical (unpaired) electrons. The highest BCUT2D eigenvalue weighted by Crippen LogP contribution is 2.18. The van der Waals surface area contributed by atoms with Gasteiger partial charge in [-0.05, 0) is 30.7 Å². The molecule has 2 rings (SSSR count). The van der Waals surface area contributed by atoms with Gasteiger partial charge in [0.25, 0.3) is 11.4 Å². The summed E-state index contributed by atoms with van der Waals surface area (Å²) >= 11 is 0. The predicted molar refractivity (Wildman–Crippen MR) is 80.6 cm³/mol. The lowest BCUT2D eigenvalue weighted by Gasteiger charge is -1.97. The monoisotopic (exact) mass is 303 g/mol. The van der Waals surface area contributed by atoms with Gasteiger partial charge in [0.1, 0.15) is 0 Å². The first-order valence-electron chi connectivity index (χ1n) is 6.09. The molecular formula is C14H13N3O5. The maximum atomic E-state index is 10.2. The molecule has 0 saturated carbocycles. The number of carbonyl (C=O) groups is 1. The van der Waals surface area contributed by atoms with Crippen LogP contribution in [0, 0.1) is 27.2 Å². The molecule has 0 aliphatic rings. The third kappa shape index (κ3) is 5.37. The largest absolute Gasteiger partial charge is 0.329 e. The van der Waals surface area contributed by atoms with Gasteiger partial charge in [-0.25, -0.2) is 0 Å². The summed E-state index contributed by atoms with van der Waals surface area (Å²) in [6, 6.07) is 12.2. The van der Waals surface area contributed by atoms with E-state index in [4.69, 9.17) is 0 Å². The molecule has 8 heteroatoms. The summed E-state index contributed by atoms with van der Waals surface area (Å²) < 4.78 is 0. The molecule has 2 aromatic rings. The number of benzene rings is 2. The number of rotatable bonds is 4. The van der Waals surface area contributed by atoms with Gasteiger partial charge in [0.15, 0.2) is 0 Å². The van der Waals surface area contributed by atoms with Crippen molar-refractivity contribution in [3.8, 4) is 0 Å². The first-order valence-corrected chi connectivity index (χ1v) is 6.09. The van der Waals surface area contributed by atoms with Gasteiger partial charge in [0.2, 0.25) is 6.41 Å². The van der Waals surface area contributed by atoms with Crippen molar-refractivity contribution in [2.24, 2.45) is 0 Å². The molecule has 0 unspecified atom stereocenters. The average molecular weight is 303 g/mol. The Morgan fingerprint density at radius 3 is 1.95 bits per heavy atom. The molecule has 0 heterocycles. The Morgan fingerprint density at radius 2 is 1.50 bits per heavy atom. The average Bonchev–Trinajstić information content (AvgIpc) is 2.48. The van der Waals surface area contributed by atoms with Crippen LogP contribution in [0.2, 0.25) is 0 Å².